The van der Waals surface area contributed by atoms with E-state index in [4.69, 9.17) is 4.74 Å². The summed E-state index contributed by atoms with van der Waals surface area (Å²) in [5.41, 5.74) is 0.342. The topological polar surface area (TPSA) is 49.8 Å². The second-order valence-electron chi connectivity index (χ2n) is 7.38. The fourth-order valence-corrected chi connectivity index (χ4v) is 4.38. The first-order chi connectivity index (χ1) is 12.7. The number of esters is 1. The Morgan fingerprint density at radius 2 is 1.54 bits per heavy atom. The first kappa shape index (κ1) is 17.3. The third-order valence-corrected chi connectivity index (χ3v) is 5.97. The van der Waals surface area contributed by atoms with Crippen molar-refractivity contribution in [2.24, 2.45) is 5.92 Å². The highest BCUT2D eigenvalue weighted by atomic mass is 16.5. The van der Waals surface area contributed by atoms with Gasteiger partial charge in [-0.25, -0.2) is 0 Å². The molecule has 0 amide bonds. The lowest BCUT2D eigenvalue weighted by molar-refractivity contribution is -0.165. The molecule has 0 saturated carbocycles. The van der Waals surface area contributed by atoms with Crippen molar-refractivity contribution >= 4 is 5.97 Å². The van der Waals surface area contributed by atoms with Gasteiger partial charge in [0.1, 0.15) is 11.5 Å². The van der Waals surface area contributed by atoms with Crippen molar-refractivity contribution in [3.63, 3.8) is 0 Å². The van der Waals surface area contributed by atoms with Crippen molar-refractivity contribution in [3.05, 3.63) is 71.8 Å². The van der Waals surface area contributed by atoms with Crippen molar-refractivity contribution in [2.45, 2.75) is 24.4 Å². The molecule has 1 N–H and O–H groups in total. The summed E-state index contributed by atoms with van der Waals surface area (Å²) in [7, 11) is 0. The fraction of sp³-hybridized carbons (Fsp3) is 0.409. The standard InChI is InChI=1S/C22H25NO3/c24-16-22(18-7-3-1-4-8-18,19-9-5-2-6-10-19)21(25)26-20-15-23-13-11-17(20)12-14-23/h1-10,17,20,24H,11-16H2. The fourth-order valence-electron chi connectivity index (χ4n) is 4.38. The van der Waals surface area contributed by atoms with Crippen LogP contribution in [0.2, 0.25) is 0 Å². The molecule has 2 aromatic carbocycles. The lowest BCUT2D eigenvalue weighted by Crippen LogP contribution is -2.54. The van der Waals surface area contributed by atoms with Crippen LogP contribution in [-0.4, -0.2) is 48.3 Å². The van der Waals surface area contributed by atoms with Gasteiger partial charge in [-0.05, 0) is 43.0 Å². The maximum Gasteiger partial charge on any atom is 0.323 e. The lowest BCUT2D eigenvalue weighted by atomic mass is 9.75. The molecule has 0 spiro atoms. The number of hydrogen-bond acceptors (Lipinski definition) is 4. The van der Waals surface area contributed by atoms with Crippen molar-refractivity contribution in [3.8, 4) is 0 Å². The van der Waals surface area contributed by atoms with Crippen molar-refractivity contribution < 1.29 is 14.6 Å². The maximum absolute atomic E-state index is 13.4. The van der Waals surface area contributed by atoms with E-state index in [1.807, 2.05) is 60.7 Å². The molecule has 5 rings (SSSR count). The number of fused-ring (bicyclic) bond motifs is 3. The van der Waals surface area contributed by atoms with Gasteiger partial charge in [-0.1, -0.05) is 60.7 Å². The molecule has 4 nitrogen and oxygen atoms in total. The Balaban J connectivity index is 1.70. The smallest absolute Gasteiger partial charge is 0.323 e. The summed E-state index contributed by atoms with van der Waals surface area (Å²) in [4.78, 5) is 15.8. The summed E-state index contributed by atoms with van der Waals surface area (Å²) in [5, 5.41) is 10.4. The highest BCUT2D eigenvalue weighted by Crippen LogP contribution is 2.36. The number of ether oxygens (including phenoxy) is 1. The molecule has 136 valence electrons. The van der Waals surface area contributed by atoms with Gasteiger partial charge in [0.15, 0.2) is 0 Å². The van der Waals surface area contributed by atoms with Gasteiger partial charge in [-0.15, -0.1) is 0 Å². The molecule has 3 saturated heterocycles. The summed E-state index contributed by atoms with van der Waals surface area (Å²) in [6.07, 6.45) is 2.09. The van der Waals surface area contributed by atoms with E-state index >= 15 is 0 Å². The predicted octanol–water partition coefficient (Wildman–Crippen LogP) is 2.60. The molecule has 2 aromatic rings. The van der Waals surface area contributed by atoms with Gasteiger partial charge in [-0.2, -0.15) is 0 Å². The summed E-state index contributed by atoms with van der Waals surface area (Å²) < 4.78 is 6.05. The van der Waals surface area contributed by atoms with Crippen LogP contribution in [-0.2, 0) is 14.9 Å². The second kappa shape index (κ2) is 7.22. The zero-order valence-corrected chi connectivity index (χ0v) is 14.9. The third-order valence-electron chi connectivity index (χ3n) is 5.97. The van der Waals surface area contributed by atoms with Crippen LogP contribution >= 0.6 is 0 Å². The van der Waals surface area contributed by atoms with E-state index in [-0.39, 0.29) is 18.7 Å². The molecule has 3 heterocycles. The van der Waals surface area contributed by atoms with Crippen LogP contribution in [0.4, 0.5) is 0 Å². The zero-order valence-electron chi connectivity index (χ0n) is 14.9. The Labute approximate surface area is 154 Å². The number of aliphatic hydroxyl groups excluding tert-OH is 1. The number of hydrogen-bond donors (Lipinski definition) is 1. The highest BCUT2D eigenvalue weighted by Gasteiger charge is 2.46. The van der Waals surface area contributed by atoms with Crippen LogP contribution in [0.1, 0.15) is 24.0 Å². The van der Waals surface area contributed by atoms with E-state index < -0.39 is 5.41 Å². The van der Waals surface area contributed by atoms with Gasteiger partial charge in [0.05, 0.1) is 6.61 Å². The van der Waals surface area contributed by atoms with Gasteiger partial charge in [-0.3, -0.25) is 9.69 Å². The SMILES string of the molecule is O=C(OC1CN2CCC1CC2)C(CO)(c1ccccc1)c1ccccc1. The van der Waals surface area contributed by atoms with Crippen LogP contribution in [0.3, 0.4) is 0 Å². The number of aliphatic hydroxyl groups is 1. The van der Waals surface area contributed by atoms with Crippen LogP contribution in [0.15, 0.2) is 60.7 Å². The second-order valence-corrected chi connectivity index (χ2v) is 7.38. The molecule has 1 atom stereocenters. The minimum atomic E-state index is -1.19. The lowest BCUT2D eigenvalue weighted by Gasteiger charge is -2.45. The van der Waals surface area contributed by atoms with Crippen molar-refractivity contribution in [1.82, 2.24) is 4.90 Å². The van der Waals surface area contributed by atoms with Crippen LogP contribution in [0, 0.1) is 5.92 Å². The van der Waals surface area contributed by atoms with Gasteiger partial charge >= 0.3 is 5.97 Å². The van der Waals surface area contributed by atoms with Crippen LogP contribution < -0.4 is 0 Å². The monoisotopic (exact) mass is 351 g/mol. The van der Waals surface area contributed by atoms with E-state index in [0.717, 1.165) is 43.6 Å². The Morgan fingerprint density at radius 1 is 1.00 bits per heavy atom. The first-order valence-electron chi connectivity index (χ1n) is 9.39. The molecule has 0 aliphatic carbocycles. The normalized spacial score (nSPS) is 25.0. The van der Waals surface area contributed by atoms with Crippen molar-refractivity contribution in [2.75, 3.05) is 26.2 Å². The molecule has 2 bridgehead atoms. The van der Waals surface area contributed by atoms with Gasteiger partial charge < -0.3 is 9.84 Å². The molecule has 1 unspecified atom stereocenters. The van der Waals surface area contributed by atoms with Gasteiger partial charge in [0.25, 0.3) is 0 Å². The van der Waals surface area contributed by atoms with Crippen LogP contribution in [0.5, 0.6) is 0 Å². The number of benzene rings is 2. The minimum Gasteiger partial charge on any atom is -0.460 e. The molecule has 0 radical (unpaired) electrons. The Bertz CT molecular complexity index is 699. The predicted molar refractivity (Wildman–Crippen MR) is 99.8 cm³/mol. The van der Waals surface area contributed by atoms with Gasteiger partial charge in [0, 0.05) is 6.54 Å². The summed E-state index contributed by atoms with van der Waals surface area (Å²) >= 11 is 0. The van der Waals surface area contributed by atoms with E-state index in [1.165, 1.54) is 0 Å². The minimum absolute atomic E-state index is 0.0802. The average molecular weight is 351 g/mol. The van der Waals surface area contributed by atoms with Gasteiger partial charge in [0.2, 0.25) is 0 Å². The first-order valence-corrected chi connectivity index (χ1v) is 9.39. The number of piperidine rings is 3. The molecule has 4 heteroatoms. The summed E-state index contributed by atoms with van der Waals surface area (Å²) in [6, 6.07) is 19.0. The molecular formula is C22H25NO3. The zero-order chi connectivity index (χ0) is 18.0. The summed E-state index contributed by atoms with van der Waals surface area (Å²) in [5.74, 6) is 0.0861. The Morgan fingerprint density at radius 3 is 1.96 bits per heavy atom. The molecule has 3 aliphatic heterocycles. The Hall–Kier alpha value is -2.17. The molecule has 26 heavy (non-hydrogen) atoms. The van der Waals surface area contributed by atoms with E-state index in [9.17, 15) is 9.90 Å². The summed E-state index contributed by atoms with van der Waals surface area (Å²) in [6.45, 7) is 2.69. The number of carbonyl (C=O) groups excluding carboxylic acids is 1. The number of rotatable bonds is 5. The quantitative estimate of drug-likeness (QED) is 0.842. The largest absolute Gasteiger partial charge is 0.460 e. The van der Waals surface area contributed by atoms with Crippen LogP contribution in [0.25, 0.3) is 0 Å². The molecule has 3 fully saturated rings. The number of carbonyl (C=O) groups is 1. The van der Waals surface area contributed by atoms with E-state index in [0.29, 0.717) is 5.92 Å². The highest BCUT2D eigenvalue weighted by molar-refractivity contribution is 5.88. The number of nitrogens with zero attached hydrogens (tertiary/aromatic N) is 1. The van der Waals surface area contributed by atoms with E-state index in [2.05, 4.69) is 4.90 Å². The Kier molecular flexibility index (Phi) is 4.79. The van der Waals surface area contributed by atoms with Crippen molar-refractivity contribution in [1.29, 1.82) is 0 Å². The third kappa shape index (κ3) is 2.93. The van der Waals surface area contributed by atoms with E-state index in [1.54, 1.807) is 0 Å². The average Bonchev–Trinajstić information content (AvgIpc) is 2.72. The molecule has 3 aliphatic rings. The molecule has 0 aromatic heterocycles. The molecular weight excluding hydrogens is 326 g/mol. The maximum atomic E-state index is 13.4.